The van der Waals surface area contributed by atoms with Crippen LogP contribution >= 0.6 is 11.3 Å². The first-order chi connectivity index (χ1) is 10.3. The van der Waals surface area contributed by atoms with Crippen LogP contribution in [0.3, 0.4) is 0 Å². The van der Waals surface area contributed by atoms with E-state index in [4.69, 9.17) is 0 Å². The highest BCUT2D eigenvalue weighted by Crippen LogP contribution is 2.24. The summed E-state index contributed by atoms with van der Waals surface area (Å²) in [5, 5.41) is 8.08. The van der Waals surface area contributed by atoms with E-state index >= 15 is 0 Å². The van der Waals surface area contributed by atoms with Gasteiger partial charge in [0.25, 0.3) is 0 Å². The number of nitrogens with one attached hydrogen (secondary N) is 1. The summed E-state index contributed by atoms with van der Waals surface area (Å²) in [6, 6.07) is 11.6. The van der Waals surface area contributed by atoms with Crippen molar-refractivity contribution in [2.24, 2.45) is 0 Å². The largest absolute Gasteiger partial charge is 0.371 e. The fourth-order valence-electron chi connectivity index (χ4n) is 3.05. The van der Waals surface area contributed by atoms with Gasteiger partial charge in [-0.25, -0.2) is 0 Å². The number of thiophene rings is 1. The lowest BCUT2D eigenvalue weighted by Crippen LogP contribution is -2.28. The Hall–Kier alpha value is -1.32. The van der Waals surface area contributed by atoms with Crippen LogP contribution in [0.4, 0.5) is 5.69 Å². The van der Waals surface area contributed by atoms with Crippen LogP contribution in [0, 0.1) is 0 Å². The molecule has 0 spiro atoms. The van der Waals surface area contributed by atoms with E-state index in [1.54, 1.807) is 11.3 Å². The molecule has 0 aliphatic carbocycles. The lowest BCUT2D eigenvalue weighted by molar-refractivity contribution is 0.546. The van der Waals surface area contributed by atoms with Gasteiger partial charge in [0.2, 0.25) is 0 Å². The SMILES string of the molecule is CC(Cc1ccsc1)NCc1ccccc1N1CCCC1. The van der Waals surface area contributed by atoms with Crippen LogP contribution in [0.2, 0.25) is 0 Å². The van der Waals surface area contributed by atoms with E-state index in [1.807, 2.05) is 0 Å². The lowest BCUT2D eigenvalue weighted by Gasteiger charge is -2.22. The molecule has 1 fully saturated rings. The Bertz CT molecular complexity index is 544. The maximum Gasteiger partial charge on any atom is 0.0411 e. The number of anilines is 1. The van der Waals surface area contributed by atoms with Gasteiger partial charge in [-0.2, -0.15) is 11.3 Å². The summed E-state index contributed by atoms with van der Waals surface area (Å²) < 4.78 is 0. The van der Waals surface area contributed by atoms with Gasteiger partial charge in [-0.15, -0.1) is 0 Å². The first-order valence-corrected chi connectivity index (χ1v) is 8.84. The van der Waals surface area contributed by atoms with Crippen molar-refractivity contribution in [2.45, 2.75) is 38.8 Å². The summed E-state index contributed by atoms with van der Waals surface area (Å²) in [6.45, 7) is 5.65. The van der Waals surface area contributed by atoms with Crippen LogP contribution in [-0.4, -0.2) is 19.1 Å². The minimum atomic E-state index is 0.506. The predicted octanol–water partition coefficient (Wildman–Crippen LogP) is 4.07. The topological polar surface area (TPSA) is 15.3 Å². The Morgan fingerprint density at radius 3 is 2.76 bits per heavy atom. The molecule has 0 saturated carbocycles. The first kappa shape index (κ1) is 14.6. The average Bonchev–Trinajstić information content (AvgIpc) is 3.18. The molecule has 0 bridgehead atoms. The third-order valence-corrected chi connectivity index (χ3v) is 4.93. The zero-order valence-electron chi connectivity index (χ0n) is 12.7. The van der Waals surface area contributed by atoms with E-state index in [-0.39, 0.29) is 0 Å². The number of nitrogens with zero attached hydrogens (tertiary/aromatic N) is 1. The number of rotatable bonds is 6. The number of para-hydroxylation sites is 1. The maximum atomic E-state index is 3.68. The second kappa shape index (κ2) is 7.10. The summed E-state index contributed by atoms with van der Waals surface area (Å²) >= 11 is 1.78. The van der Waals surface area contributed by atoms with E-state index in [2.05, 4.69) is 58.2 Å². The molecule has 1 aromatic carbocycles. The van der Waals surface area contributed by atoms with Crippen molar-refractivity contribution in [3.8, 4) is 0 Å². The second-order valence-electron chi connectivity index (χ2n) is 5.94. The van der Waals surface area contributed by atoms with Crippen molar-refractivity contribution in [3.05, 3.63) is 52.2 Å². The molecule has 3 rings (SSSR count). The summed E-state index contributed by atoms with van der Waals surface area (Å²) in [7, 11) is 0. The molecule has 2 nitrogen and oxygen atoms in total. The minimum Gasteiger partial charge on any atom is -0.371 e. The Balaban J connectivity index is 1.59. The third kappa shape index (κ3) is 3.86. The van der Waals surface area contributed by atoms with Crippen molar-refractivity contribution >= 4 is 17.0 Å². The van der Waals surface area contributed by atoms with Gasteiger partial charge in [-0.3, -0.25) is 0 Å². The number of hydrogen-bond donors (Lipinski definition) is 1. The minimum absolute atomic E-state index is 0.506. The van der Waals surface area contributed by atoms with E-state index < -0.39 is 0 Å². The van der Waals surface area contributed by atoms with Gasteiger partial charge in [0.05, 0.1) is 0 Å². The molecule has 0 radical (unpaired) electrons. The van der Waals surface area contributed by atoms with Gasteiger partial charge in [0, 0.05) is 31.4 Å². The fraction of sp³-hybridized carbons (Fsp3) is 0.444. The highest BCUT2D eigenvalue weighted by molar-refractivity contribution is 7.07. The van der Waals surface area contributed by atoms with E-state index in [9.17, 15) is 0 Å². The smallest absolute Gasteiger partial charge is 0.0411 e. The Labute approximate surface area is 131 Å². The van der Waals surface area contributed by atoms with Gasteiger partial charge in [-0.1, -0.05) is 18.2 Å². The second-order valence-corrected chi connectivity index (χ2v) is 6.72. The van der Waals surface area contributed by atoms with Gasteiger partial charge in [0.1, 0.15) is 0 Å². The van der Waals surface area contributed by atoms with Crippen molar-refractivity contribution in [1.82, 2.24) is 5.32 Å². The van der Waals surface area contributed by atoms with Crippen LogP contribution in [0.15, 0.2) is 41.1 Å². The number of hydrogen-bond acceptors (Lipinski definition) is 3. The van der Waals surface area contributed by atoms with E-state index in [0.29, 0.717) is 6.04 Å². The van der Waals surface area contributed by atoms with Gasteiger partial charge < -0.3 is 10.2 Å². The van der Waals surface area contributed by atoms with Crippen molar-refractivity contribution in [3.63, 3.8) is 0 Å². The van der Waals surface area contributed by atoms with Crippen LogP contribution in [0.1, 0.15) is 30.9 Å². The fourth-order valence-corrected chi connectivity index (χ4v) is 3.73. The molecule has 1 atom stereocenters. The molecule has 21 heavy (non-hydrogen) atoms. The standard InChI is InChI=1S/C18H24N2S/c1-15(12-16-8-11-21-14-16)19-13-17-6-2-3-7-18(17)20-9-4-5-10-20/h2-3,6-8,11,14-15,19H,4-5,9-10,12-13H2,1H3. The molecular weight excluding hydrogens is 276 g/mol. The summed E-state index contributed by atoms with van der Waals surface area (Å²) in [5.41, 5.74) is 4.29. The predicted molar refractivity (Wildman–Crippen MR) is 92.2 cm³/mol. The van der Waals surface area contributed by atoms with Crippen LogP contribution in [0.5, 0.6) is 0 Å². The molecule has 2 aromatic rings. The van der Waals surface area contributed by atoms with Gasteiger partial charge in [-0.05, 0) is 60.2 Å². The lowest BCUT2D eigenvalue weighted by atomic mass is 10.1. The first-order valence-electron chi connectivity index (χ1n) is 7.90. The molecule has 3 heteroatoms. The normalized spacial score (nSPS) is 16.3. The molecule has 1 unspecified atom stereocenters. The molecule has 1 aliphatic heterocycles. The Morgan fingerprint density at radius 1 is 1.19 bits per heavy atom. The van der Waals surface area contributed by atoms with Crippen LogP contribution in [-0.2, 0) is 13.0 Å². The summed E-state index contributed by atoms with van der Waals surface area (Å²) in [4.78, 5) is 2.53. The zero-order valence-corrected chi connectivity index (χ0v) is 13.5. The van der Waals surface area contributed by atoms with Gasteiger partial charge >= 0.3 is 0 Å². The Kier molecular flexibility index (Phi) is 4.94. The molecule has 1 N–H and O–H groups in total. The maximum absolute atomic E-state index is 3.68. The third-order valence-electron chi connectivity index (χ3n) is 4.20. The quantitative estimate of drug-likeness (QED) is 0.865. The van der Waals surface area contributed by atoms with Crippen molar-refractivity contribution in [2.75, 3.05) is 18.0 Å². The number of benzene rings is 1. The monoisotopic (exact) mass is 300 g/mol. The van der Waals surface area contributed by atoms with Crippen molar-refractivity contribution < 1.29 is 0 Å². The summed E-state index contributed by atoms with van der Waals surface area (Å²) in [6.07, 6.45) is 3.77. The molecule has 112 valence electrons. The average molecular weight is 300 g/mol. The van der Waals surface area contributed by atoms with E-state index in [1.165, 1.54) is 42.7 Å². The highest BCUT2D eigenvalue weighted by Gasteiger charge is 2.15. The van der Waals surface area contributed by atoms with E-state index in [0.717, 1.165) is 13.0 Å². The van der Waals surface area contributed by atoms with Crippen LogP contribution < -0.4 is 10.2 Å². The Morgan fingerprint density at radius 2 is 2.00 bits per heavy atom. The van der Waals surface area contributed by atoms with Crippen LogP contribution in [0.25, 0.3) is 0 Å². The zero-order chi connectivity index (χ0) is 14.5. The van der Waals surface area contributed by atoms with Crippen molar-refractivity contribution in [1.29, 1.82) is 0 Å². The highest BCUT2D eigenvalue weighted by atomic mass is 32.1. The molecule has 2 heterocycles. The summed E-state index contributed by atoms with van der Waals surface area (Å²) in [5.74, 6) is 0. The molecular formula is C18H24N2S. The molecule has 1 saturated heterocycles. The van der Waals surface area contributed by atoms with Gasteiger partial charge in [0.15, 0.2) is 0 Å². The molecule has 0 amide bonds. The molecule has 1 aromatic heterocycles. The molecule has 1 aliphatic rings.